The molecule has 7 heteroatoms. The van der Waals surface area contributed by atoms with E-state index in [1.54, 1.807) is 16.5 Å². The number of amides is 1. The Kier molecular flexibility index (Phi) is 4.66. The number of ether oxygens (including phenoxy) is 1. The van der Waals surface area contributed by atoms with Crippen molar-refractivity contribution < 1.29 is 9.53 Å². The maximum atomic E-state index is 12.4. The first kappa shape index (κ1) is 18.0. The molecule has 0 aromatic carbocycles. The molecule has 0 bridgehead atoms. The van der Waals surface area contributed by atoms with Gasteiger partial charge in [0.1, 0.15) is 10.8 Å². The number of rotatable bonds is 4. The molecule has 1 amide bonds. The molecule has 1 aliphatic rings. The highest BCUT2D eigenvalue weighted by molar-refractivity contribution is 6.29. The molecule has 1 aliphatic carbocycles. The predicted molar refractivity (Wildman–Crippen MR) is 97.0 cm³/mol. The van der Waals surface area contributed by atoms with E-state index in [0.717, 1.165) is 17.0 Å². The first-order valence-corrected chi connectivity index (χ1v) is 9.09. The van der Waals surface area contributed by atoms with Gasteiger partial charge in [0.15, 0.2) is 5.65 Å². The molecule has 0 unspecified atom stereocenters. The fourth-order valence-electron chi connectivity index (χ4n) is 2.87. The monoisotopic (exact) mass is 364 g/mol. The third kappa shape index (κ3) is 3.89. The second kappa shape index (κ2) is 6.48. The van der Waals surface area contributed by atoms with Crippen LogP contribution in [0.5, 0.6) is 0 Å². The fraction of sp³-hybridized carbons (Fsp3) is 0.611. The minimum atomic E-state index is -0.535. The highest BCUT2D eigenvalue weighted by Gasteiger charge is 2.29. The van der Waals surface area contributed by atoms with E-state index in [1.165, 1.54) is 12.8 Å². The standard InChI is InChI=1S/C18H25ClN4O2/c1-6-14(22(5)17(24)25-18(2,3)4)13-10-16-20-12(11-7-8-11)9-15(19)23(16)21-13/h9-11,14H,6-8H2,1-5H3/t14-/m0/s1. The van der Waals surface area contributed by atoms with Crippen molar-refractivity contribution in [1.29, 1.82) is 0 Å². The number of halogens is 1. The molecule has 2 aromatic heterocycles. The van der Waals surface area contributed by atoms with Crippen molar-refractivity contribution in [1.82, 2.24) is 19.5 Å². The highest BCUT2D eigenvalue weighted by Crippen LogP contribution is 2.40. The molecular formula is C18H25ClN4O2. The molecule has 0 radical (unpaired) electrons. The van der Waals surface area contributed by atoms with Crippen LogP contribution in [0.2, 0.25) is 5.15 Å². The van der Waals surface area contributed by atoms with Crippen molar-refractivity contribution in [3.63, 3.8) is 0 Å². The Morgan fingerprint density at radius 1 is 1.44 bits per heavy atom. The number of carbonyl (C=O) groups excluding carboxylic acids is 1. The van der Waals surface area contributed by atoms with Gasteiger partial charge in [-0.15, -0.1) is 0 Å². The van der Waals surface area contributed by atoms with Crippen molar-refractivity contribution in [2.75, 3.05) is 7.05 Å². The van der Waals surface area contributed by atoms with Crippen molar-refractivity contribution in [3.8, 4) is 0 Å². The molecule has 6 nitrogen and oxygen atoms in total. The van der Waals surface area contributed by atoms with E-state index in [4.69, 9.17) is 16.3 Å². The van der Waals surface area contributed by atoms with Gasteiger partial charge in [-0.2, -0.15) is 5.10 Å². The fourth-order valence-corrected chi connectivity index (χ4v) is 3.10. The number of fused-ring (bicyclic) bond motifs is 1. The third-order valence-corrected chi connectivity index (χ3v) is 4.56. The van der Waals surface area contributed by atoms with Gasteiger partial charge in [-0.05, 0) is 46.1 Å². The number of aromatic nitrogens is 3. The van der Waals surface area contributed by atoms with E-state index in [9.17, 15) is 4.79 Å². The van der Waals surface area contributed by atoms with E-state index in [0.29, 0.717) is 17.5 Å². The Morgan fingerprint density at radius 2 is 2.12 bits per heavy atom. The van der Waals surface area contributed by atoms with Gasteiger partial charge in [0, 0.05) is 24.7 Å². The van der Waals surface area contributed by atoms with E-state index < -0.39 is 5.60 Å². The van der Waals surface area contributed by atoms with Crippen LogP contribution in [0.1, 0.15) is 70.3 Å². The van der Waals surface area contributed by atoms with Gasteiger partial charge in [-0.1, -0.05) is 18.5 Å². The summed E-state index contributed by atoms with van der Waals surface area (Å²) in [7, 11) is 1.73. The van der Waals surface area contributed by atoms with Gasteiger partial charge in [-0.3, -0.25) is 0 Å². The zero-order valence-electron chi connectivity index (χ0n) is 15.4. The maximum absolute atomic E-state index is 12.4. The largest absolute Gasteiger partial charge is 0.444 e. The number of nitrogens with zero attached hydrogens (tertiary/aromatic N) is 4. The smallest absolute Gasteiger partial charge is 0.410 e. The molecule has 0 N–H and O–H groups in total. The first-order chi connectivity index (χ1) is 11.7. The summed E-state index contributed by atoms with van der Waals surface area (Å²) in [6.45, 7) is 7.58. The van der Waals surface area contributed by atoms with Crippen LogP contribution in [0.15, 0.2) is 12.1 Å². The second-order valence-electron chi connectivity index (χ2n) is 7.63. The number of hydrogen-bond acceptors (Lipinski definition) is 4. The van der Waals surface area contributed by atoms with Crippen molar-refractivity contribution in [2.24, 2.45) is 0 Å². The molecule has 1 fully saturated rings. The normalized spacial score (nSPS) is 16.1. The van der Waals surface area contributed by atoms with Crippen LogP contribution in [0.25, 0.3) is 5.65 Å². The molecule has 136 valence electrons. The van der Waals surface area contributed by atoms with Gasteiger partial charge >= 0.3 is 6.09 Å². The van der Waals surface area contributed by atoms with Crippen LogP contribution < -0.4 is 0 Å². The molecule has 2 heterocycles. The molecule has 25 heavy (non-hydrogen) atoms. The quantitative estimate of drug-likeness (QED) is 0.745. The Bertz CT molecular complexity index is 792. The maximum Gasteiger partial charge on any atom is 0.410 e. The van der Waals surface area contributed by atoms with Gasteiger partial charge in [0.05, 0.1) is 11.7 Å². The van der Waals surface area contributed by atoms with E-state index in [2.05, 4.69) is 10.1 Å². The van der Waals surface area contributed by atoms with E-state index in [1.807, 2.05) is 39.8 Å². The molecule has 2 aromatic rings. The molecule has 0 saturated heterocycles. The summed E-state index contributed by atoms with van der Waals surface area (Å²) in [5, 5.41) is 5.13. The van der Waals surface area contributed by atoms with Gasteiger partial charge in [0.2, 0.25) is 0 Å². The van der Waals surface area contributed by atoms with Crippen LogP contribution in [-0.2, 0) is 4.74 Å². The van der Waals surface area contributed by atoms with Gasteiger partial charge < -0.3 is 9.64 Å². The Morgan fingerprint density at radius 3 is 2.68 bits per heavy atom. The van der Waals surface area contributed by atoms with Crippen molar-refractivity contribution in [2.45, 2.75) is 64.5 Å². The van der Waals surface area contributed by atoms with Crippen LogP contribution >= 0.6 is 11.6 Å². The molecule has 1 saturated carbocycles. The van der Waals surface area contributed by atoms with Crippen molar-refractivity contribution >= 4 is 23.3 Å². The summed E-state index contributed by atoms with van der Waals surface area (Å²) in [5.41, 5.74) is 1.98. The molecular weight excluding hydrogens is 340 g/mol. The second-order valence-corrected chi connectivity index (χ2v) is 8.02. The third-order valence-electron chi connectivity index (χ3n) is 4.30. The summed E-state index contributed by atoms with van der Waals surface area (Å²) in [6.07, 6.45) is 2.68. The average molecular weight is 365 g/mol. The van der Waals surface area contributed by atoms with Crippen LogP contribution in [0, 0.1) is 0 Å². The molecule has 0 aliphatic heterocycles. The number of carbonyl (C=O) groups is 1. The van der Waals surface area contributed by atoms with Crippen LogP contribution in [0.3, 0.4) is 0 Å². The minimum Gasteiger partial charge on any atom is -0.444 e. The SMILES string of the molecule is CC[C@@H](c1cc2nc(C3CC3)cc(Cl)n2n1)N(C)C(=O)OC(C)(C)C. The van der Waals surface area contributed by atoms with Gasteiger partial charge in [-0.25, -0.2) is 14.3 Å². The van der Waals surface area contributed by atoms with Crippen molar-refractivity contribution in [3.05, 3.63) is 28.7 Å². The van der Waals surface area contributed by atoms with Gasteiger partial charge in [0.25, 0.3) is 0 Å². The lowest BCUT2D eigenvalue weighted by atomic mass is 10.1. The van der Waals surface area contributed by atoms with E-state index >= 15 is 0 Å². The summed E-state index contributed by atoms with van der Waals surface area (Å²) in [5.74, 6) is 0.521. The molecule has 1 atom stereocenters. The minimum absolute atomic E-state index is 0.197. The Balaban J connectivity index is 1.90. The average Bonchev–Trinajstić information content (AvgIpc) is 3.26. The lowest BCUT2D eigenvalue weighted by molar-refractivity contribution is 0.0212. The topological polar surface area (TPSA) is 59.7 Å². The van der Waals surface area contributed by atoms with E-state index in [-0.39, 0.29) is 12.1 Å². The predicted octanol–water partition coefficient (Wildman–Crippen LogP) is 4.58. The van der Waals surface area contributed by atoms with Crippen LogP contribution in [0.4, 0.5) is 4.79 Å². The van der Waals surface area contributed by atoms with Crippen LogP contribution in [-0.4, -0.2) is 38.2 Å². The zero-order valence-corrected chi connectivity index (χ0v) is 16.2. The Hall–Kier alpha value is -1.82. The zero-order chi connectivity index (χ0) is 18.4. The lowest BCUT2D eigenvalue weighted by Gasteiger charge is -2.29. The number of hydrogen-bond donors (Lipinski definition) is 0. The summed E-state index contributed by atoms with van der Waals surface area (Å²) in [6, 6.07) is 3.60. The lowest BCUT2D eigenvalue weighted by Crippen LogP contribution is -2.36. The summed E-state index contributed by atoms with van der Waals surface area (Å²) >= 11 is 6.38. The highest BCUT2D eigenvalue weighted by atomic mass is 35.5. The summed E-state index contributed by atoms with van der Waals surface area (Å²) in [4.78, 5) is 18.7. The molecule has 3 rings (SSSR count). The first-order valence-electron chi connectivity index (χ1n) is 8.71. The summed E-state index contributed by atoms with van der Waals surface area (Å²) < 4.78 is 7.10. The Labute approximate surface area is 153 Å². The molecule has 0 spiro atoms.